The summed E-state index contributed by atoms with van der Waals surface area (Å²) in [5.41, 5.74) is 1.27. The Kier molecular flexibility index (Phi) is 4.29. The van der Waals surface area contributed by atoms with Crippen LogP contribution in [0.5, 0.6) is 0 Å². The SMILES string of the molecule is CC(C)c1c(S(c2ccccc2)(c2ccccc2)c2ccccc2)c1=O. The van der Waals surface area contributed by atoms with E-state index in [-0.39, 0.29) is 11.3 Å². The van der Waals surface area contributed by atoms with Gasteiger partial charge in [0.25, 0.3) is 0 Å². The fourth-order valence-corrected chi connectivity index (χ4v) is 7.85. The molecule has 0 aliphatic heterocycles. The van der Waals surface area contributed by atoms with E-state index >= 15 is 0 Å². The minimum atomic E-state index is -1.75. The molecular formula is C24H22OS. The third-order valence-electron chi connectivity index (χ3n) is 4.81. The van der Waals surface area contributed by atoms with Gasteiger partial charge in [0.15, 0.2) is 5.43 Å². The summed E-state index contributed by atoms with van der Waals surface area (Å²) in [6.45, 7) is 4.23. The van der Waals surface area contributed by atoms with Gasteiger partial charge in [-0.25, -0.2) is 0 Å². The highest BCUT2D eigenvalue weighted by atomic mass is 32.3. The van der Waals surface area contributed by atoms with Gasteiger partial charge >= 0.3 is 0 Å². The van der Waals surface area contributed by atoms with Crippen LogP contribution in [0.1, 0.15) is 25.3 Å². The second-order valence-electron chi connectivity index (χ2n) is 6.78. The molecule has 0 unspecified atom stereocenters. The Bertz CT molecular complexity index is 914. The molecule has 0 aliphatic rings. The Labute approximate surface area is 156 Å². The molecule has 0 spiro atoms. The van der Waals surface area contributed by atoms with Crippen molar-refractivity contribution in [3.63, 3.8) is 0 Å². The van der Waals surface area contributed by atoms with Crippen molar-refractivity contribution < 1.29 is 0 Å². The molecule has 0 atom stereocenters. The molecule has 2 heteroatoms. The zero-order valence-corrected chi connectivity index (χ0v) is 15.9. The summed E-state index contributed by atoms with van der Waals surface area (Å²) in [4.78, 5) is 17.7. The van der Waals surface area contributed by atoms with Crippen molar-refractivity contribution in [1.29, 1.82) is 0 Å². The average molecular weight is 359 g/mol. The van der Waals surface area contributed by atoms with Crippen LogP contribution in [-0.2, 0) is 0 Å². The lowest BCUT2D eigenvalue weighted by Gasteiger charge is -2.39. The third kappa shape index (κ3) is 2.53. The molecule has 0 aliphatic carbocycles. The average Bonchev–Trinajstić information content (AvgIpc) is 3.37. The summed E-state index contributed by atoms with van der Waals surface area (Å²) >= 11 is 0. The smallest absolute Gasteiger partial charge is 0.196 e. The molecule has 0 heterocycles. The van der Waals surface area contributed by atoms with Crippen LogP contribution >= 0.6 is 10.0 Å². The summed E-state index contributed by atoms with van der Waals surface area (Å²) in [7, 11) is -1.75. The molecule has 0 bridgehead atoms. The molecule has 0 fully saturated rings. The Balaban J connectivity index is 2.11. The van der Waals surface area contributed by atoms with E-state index in [4.69, 9.17) is 0 Å². The summed E-state index contributed by atoms with van der Waals surface area (Å²) in [6.07, 6.45) is 0. The van der Waals surface area contributed by atoms with Crippen molar-refractivity contribution in [2.75, 3.05) is 0 Å². The van der Waals surface area contributed by atoms with Gasteiger partial charge in [-0.3, -0.25) is 4.79 Å². The maximum absolute atomic E-state index is 13.0. The van der Waals surface area contributed by atoms with E-state index < -0.39 is 10.0 Å². The van der Waals surface area contributed by atoms with Gasteiger partial charge in [0.05, 0.1) is 4.90 Å². The minimum Gasteiger partial charge on any atom is -0.288 e. The zero-order valence-electron chi connectivity index (χ0n) is 15.1. The molecule has 0 N–H and O–H groups in total. The highest BCUT2D eigenvalue weighted by molar-refractivity contribution is 8.34. The Morgan fingerprint density at radius 3 is 1.23 bits per heavy atom. The third-order valence-corrected chi connectivity index (χ3v) is 8.76. The first-order valence-corrected chi connectivity index (χ1v) is 10.6. The maximum Gasteiger partial charge on any atom is 0.196 e. The fraction of sp³-hybridized carbons (Fsp3) is 0.125. The highest BCUT2D eigenvalue weighted by Gasteiger charge is 2.43. The molecule has 4 rings (SSSR count). The first-order valence-electron chi connectivity index (χ1n) is 8.95. The van der Waals surface area contributed by atoms with Crippen molar-refractivity contribution in [3.05, 3.63) is 107 Å². The van der Waals surface area contributed by atoms with Crippen molar-refractivity contribution in [1.82, 2.24) is 0 Å². The molecule has 1 nitrogen and oxygen atoms in total. The summed E-state index contributed by atoms with van der Waals surface area (Å²) in [6, 6.07) is 31.6. The van der Waals surface area contributed by atoms with E-state index in [2.05, 4.69) is 86.6 Å². The molecule has 26 heavy (non-hydrogen) atoms. The van der Waals surface area contributed by atoms with Crippen LogP contribution in [0.2, 0.25) is 0 Å². The van der Waals surface area contributed by atoms with Gasteiger partial charge in [-0.1, -0.05) is 68.4 Å². The molecule has 0 saturated carbocycles. The second-order valence-corrected chi connectivity index (χ2v) is 9.83. The summed E-state index contributed by atoms with van der Waals surface area (Å²) < 4.78 is 0. The zero-order chi connectivity index (χ0) is 18.1. The number of benzene rings is 3. The first-order chi connectivity index (χ1) is 12.7. The molecule has 0 radical (unpaired) electrons. The first kappa shape index (κ1) is 16.9. The molecule has 0 amide bonds. The maximum atomic E-state index is 13.0. The molecule has 4 aromatic carbocycles. The lowest BCUT2D eigenvalue weighted by Crippen LogP contribution is -2.04. The normalized spacial score (nSPS) is 12.6. The largest absolute Gasteiger partial charge is 0.288 e. The molecule has 4 aromatic rings. The van der Waals surface area contributed by atoms with Crippen LogP contribution in [0, 0.1) is 0 Å². The Morgan fingerprint density at radius 1 is 0.615 bits per heavy atom. The van der Waals surface area contributed by atoms with Gasteiger partial charge in [0, 0.05) is 20.2 Å². The van der Waals surface area contributed by atoms with Crippen molar-refractivity contribution in [2.24, 2.45) is 0 Å². The van der Waals surface area contributed by atoms with Gasteiger partial charge in [-0.2, -0.15) is 0 Å². The fourth-order valence-electron chi connectivity index (χ4n) is 3.63. The van der Waals surface area contributed by atoms with Crippen molar-refractivity contribution >= 4 is 10.0 Å². The van der Waals surface area contributed by atoms with Crippen molar-refractivity contribution in [3.8, 4) is 0 Å². The topological polar surface area (TPSA) is 17.1 Å². The van der Waals surface area contributed by atoms with Crippen LogP contribution in [0.25, 0.3) is 0 Å². The number of hydrogen-bond acceptors (Lipinski definition) is 1. The molecule has 0 saturated heterocycles. The van der Waals surface area contributed by atoms with Crippen LogP contribution in [-0.4, -0.2) is 0 Å². The molecule has 0 aromatic heterocycles. The van der Waals surface area contributed by atoms with E-state index in [0.29, 0.717) is 0 Å². The predicted octanol–water partition coefficient (Wildman–Crippen LogP) is 6.39. The highest BCUT2D eigenvalue weighted by Crippen LogP contribution is 2.75. The van der Waals surface area contributed by atoms with Crippen LogP contribution in [0.3, 0.4) is 0 Å². The Hall–Kier alpha value is -2.58. The summed E-state index contributed by atoms with van der Waals surface area (Å²) in [5.74, 6) is 0.250. The molecular weight excluding hydrogens is 336 g/mol. The minimum absolute atomic E-state index is 0.250. The number of hydrogen-bond donors (Lipinski definition) is 0. The van der Waals surface area contributed by atoms with E-state index in [0.717, 1.165) is 10.5 Å². The summed E-state index contributed by atoms with van der Waals surface area (Å²) in [5, 5.41) is 0. The van der Waals surface area contributed by atoms with Gasteiger partial charge in [0.1, 0.15) is 0 Å². The van der Waals surface area contributed by atoms with Crippen LogP contribution in [0.4, 0.5) is 0 Å². The lowest BCUT2D eigenvalue weighted by atomic mass is 10.2. The van der Waals surface area contributed by atoms with Gasteiger partial charge in [0.2, 0.25) is 0 Å². The van der Waals surface area contributed by atoms with E-state index in [1.807, 2.05) is 18.2 Å². The monoisotopic (exact) mass is 358 g/mol. The standard InChI is InChI=1S/C24H22OS/c1-18(2)22-23(25)24(22)26(19-12-6-3-7-13-19,20-14-8-4-9-15-20)21-16-10-5-11-17-21/h3-18H,1-2H3. The predicted molar refractivity (Wildman–Crippen MR) is 109 cm³/mol. The van der Waals surface area contributed by atoms with E-state index in [1.165, 1.54) is 14.7 Å². The Morgan fingerprint density at radius 2 is 0.962 bits per heavy atom. The van der Waals surface area contributed by atoms with Gasteiger partial charge in [-0.15, -0.1) is 10.0 Å². The van der Waals surface area contributed by atoms with Crippen LogP contribution < -0.4 is 5.43 Å². The molecule has 130 valence electrons. The second kappa shape index (κ2) is 6.62. The quantitative estimate of drug-likeness (QED) is 0.404. The number of rotatable bonds is 5. The van der Waals surface area contributed by atoms with E-state index in [1.54, 1.807) is 0 Å². The lowest BCUT2D eigenvalue weighted by molar-refractivity contribution is 0.878. The van der Waals surface area contributed by atoms with Gasteiger partial charge in [-0.05, 0) is 42.3 Å². The van der Waals surface area contributed by atoms with Crippen molar-refractivity contribution in [2.45, 2.75) is 39.3 Å². The van der Waals surface area contributed by atoms with Gasteiger partial charge < -0.3 is 0 Å². The van der Waals surface area contributed by atoms with Crippen LogP contribution in [0.15, 0.2) is 115 Å². The van der Waals surface area contributed by atoms with E-state index in [9.17, 15) is 4.79 Å².